The Hall–Kier alpha value is -1.26. The quantitative estimate of drug-likeness (QED) is 0.719. The molecule has 1 fully saturated rings. The molecule has 0 bridgehead atoms. The van der Waals surface area contributed by atoms with Gasteiger partial charge in [0.25, 0.3) is 0 Å². The topological polar surface area (TPSA) is 69.6 Å². The van der Waals surface area contributed by atoms with E-state index in [-0.39, 0.29) is 24.4 Å². The van der Waals surface area contributed by atoms with Gasteiger partial charge in [-0.15, -0.1) is 0 Å². The number of urea groups is 1. The Labute approximate surface area is 121 Å². The lowest BCUT2D eigenvalue weighted by atomic mass is 9.94. The van der Waals surface area contributed by atoms with Crippen molar-refractivity contribution in [1.29, 1.82) is 0 Å². The van der Waals surface area contributed by atoms with Crippen molar-refractivity contribution in [3.05, 3.63) is 0 Å². The van der Waals surface area contributed by atoms with E-state index in [1.165, 1.54) is 12.8 Å². The first-order chi connectivity index (χ1) is 9.31. The average Bonchev–Trinajstić information content (AvgIpc) is 3.16. The second-order valence-electron chi connectivity index (χ2n) is 6.47. The summed E-state index contributed by atoms with van der Waals surface area (Å²) >= 11 is 0. The van der Waals surface area contributed by atoms with Crippen LogP contribution < -0.4 is 5.32 Å². The molecule has 0 aliphatic heterocycles. The van der Waals surface area contributed by atoms with Crippen LogP contribution in [0.3, 0.4) is 0 Å². The number of nitrogens with zero attached hydrogens (tertiary/aromatic N) is 1. The molecule has 0 aromatic carbocycles. The summed E-state index contributed by atoms with van der Waals surface area (Å²) in [5.74, 6) is 0.265. The monoisotopic (exact) mass is 284 g/mol. The molecule has 5 heteroatoms. The van der Waals surface area contributed by atoms with E-state index >= 15 is 0 Å². The molecule has 5 nitrogen and oxygen atoms in total. The first-order valence-corrected chi connectivity index (χ1v) is 7.53. The Bertz CT molecular complexity index is 340. The van der Waals surface area contributed by atoms with Crippen LogP contribution in [-0.4, -0.2) is 41.6 Å². The maximum absolute atomic E-state index is 12.1. The van der Waals surface area contributed by atoms with Crippen molar-refractivity contribution in [2.24, 2.45) is 17.8 Å². The van der Waals surface area contributed by atoms with Crippen LogP contribution in [0, 0.1) is 17.8 Å². The summed E-state index contributed by atoms with van der Waals surface area (Å²) in [6.45, 7) is 6.64. The smallest absolute Gasteiger partial charge is 0.317 e. The Morgan fingerprint density at radius 1 is 1.30 bits per heavy atom. The normalized spacial score (nSPS) is 17.6. The summed E-state index contributed by atoms with van der Waals surface area (Å²) in [5.41, 5.74) is 0. The number of carboxylic acids is 1. The molecular formula is C15H28N2O3. The molecule has 1 aliphatic rings. The largest absolute Gasteiger partial charge is 0.481 e. The molecule has 2 amide bonds. The van der Waals surface area contributed by atoms with Crippen LogP contribution >= 0.6 is 0 Å². The number of rotatable bonds is 8. The van der Waals surface area contributed by atoms with Crippen LogP contribution in [0.5, 0.6) is 0 Å². The highest BCUT2D eigenvalue weighted by Crippen LogP contribution is 2.34. The highest BCUT2D eigenvalue weighted by molar-refractivity contribution is 5.74. The van der Waals surface area contributed by atoms with Gasteiger partial charge in [0, 0.05) is 26.1 Å². The summed E-state index contributed by atoms with van der Waals surface area (Å²) in [5, 5.41) is 11.8. The van der Waals surface area contributed by atoms with E-state index in [0.29, 0.717) is 18.4 Å². The van der Waals surface area contributed by atoms with Gasteiger partial charge in [0.15, 0.2) is 0 Å². The standard InChI is InChI=1S/C15H28N2O3/c1-10(2)7-12(8-14(18)19)9-16-15(20)17(4)11(3)13-5-6-13/h10-13H,5-9H2,1-4H3,(H,16,20)(H,18,19)/t11?,12-/m0/s1. The Balaban J connectivity index is 2.40. The number of hydrogen-bond acceptors (Lipinski definition) is 2. The van der Waals surface area contributed by atoms with E-state index in [4.69, 9.17) is 5.11 Å². The molecule has 2 N–H and O–H groups in total. The number of hydrogen-bond donors (Lipinski definition) is 2. The number of carbonyl (C=O) groups excluding carboxylic acids is 1. The van der Waals surface area contributed by atoms with Crippen LogP contribution in [-0.2, 0) is 4.79 Å². The van der Waals surface area contributed by atoms with E-state index in [0.717, 1.165) is 6.42 Å². The van der Waals surface area contributed by atoms with Gasteiger partial charge in [-0.25, -0.2) is 4.79 Å². The highest BCUT2D eigenvalue weighted by atomic mass is 16.4. The van der Waals surface area contributed by atoms with E-state index in [2.05, 4.69) is 26.1 Å². The minimum Gasteiger partial charge on any atom is -0.481 e. The zero-order valence-electron chi connectivity index (χ0n) is 13.1. The lowest BCUT2D eigenvalue weighted by molar-refractivity contribution is -0.138. The maximum Gasteiger partial charge on any atom is 0.317 e. The zero-order chi connectivity index (χ0) is 15.3. The summed E-state index contributed by atoms with van der Waals surface area (Å²) in [6.07, 6.45) is 3.33. The third-order valence-corrected chi connectivity index (χ3v) is 4.05. The van der Waals surface area contributed by atoms with Gasteiger partial charge < -0.3 is 15.3 Å². The number of aliphatic carboxylic acids is 1. The minimum atomic E-state index is -0.801. The summed E-state index contributed by atoms with van der Waals surface area (Å²) in [4.78, 5) is 24.7. The van der Waals surface area contributed by atoms with Crippen molar-refractivity contribution in [2.75, 3.05) is 13.6 Å². The predicted molar refractivity (Wildman–Crippen MR) is 78.5 cm³/mol. The SMILES string of the molecule is CC(C)C[C@H](CNC(=O)N(C)C(C)C1CC1)CC(=O)O. The molecule has 0 spiro atoms. The number of amides is 2. The maximum atomic E-state index is 12.1. The van der Waals surface area contributed by atoms with Gasteiger partial charge in [0.2, 0.25) is 0 Å². The van der Waals surface area contributed by atoms with Crippen LogP contribution in [0.25, 0.3) is 0 Å². The van der Waals surface area contributed by atoms with Crippen molar-refractivity contribution in [3.63, 3.8) is 0 Å². The van der Waals surface area contributed by atoms with Gasteiger partial charge in [-0.3, -0.25) is 4.79 Å². The van der Waals surface area contributed by atoms with E-state index in [9.17, 15) is 9.59 Å². The van der Waals surface area contributed by atoms with Crippen molar-refractivity contribution in [1.82, 2.24) is 10.2 Å². The van der Waals surface area contributed by atoms with Gasteiger partial charge in [0.05, 0.1) is 0 Å². The molecule has 0 aromatic rings. The van der Waals surface area contributed by atoms with Crippen molar-refractivity contribution in [2.45, 2.75) is 52.5 Å². The molecular weight excluding hydrogens is 256 g/mol. The van der Waals surface area contributed by atoms with E-state index in [1.807, 2.05) is 7.05 Å². The summed E-state index contributed by atoms with van der Waals surface area (Å²) in [6, 6.07) is 0.168. The number of nitrogens with one attached hydrogen (secondary N) is 1. The fourth-order valence-corrected chi connectivity index (χ4v) is 2.59. The molecule has 1 aliphatic carbocycles. The molecule has 0 saturated heterocycles. The van der Waals surface area contributed by atoms with Gasteiger partial charge in [-0.1, -0.05) is 13.8 Å². The van der Waals surface area contributed by atoms with Gasteiger partial charge in [0.1, 0.15) is 0 Å². The molecule has 116 valence electrons. The fourth-order valence-electron chi connectivity index (χ4n) is 2.59. The molecule has 20 heavy (non-hydrogen) atoms. The first kappa shape index (κ1) is 16.8. The van der Waals surface area contributed by atoms with Crippen molar-refractivity contribution < 1.29 is 14.7 Å². The van der Waals surface area contributed by atoms with E-state index in [1.54, 1.807) is 4.90 Å². The second kappa shape index (κ2) is 7.50. The van der Waals surface area contributed by atoms with E-state index < -0.39 is 5.97 Å². The predicted octanol–water partition coefficient (Wildman–Crippen LogP) is 2.56. The van der Waals surface area contributed by atoms with Gasteiger partial charge in [-0.2, -0.15) is 0 Å². The molecule has 1 saturated carbocycles. The molecule has 2 atom stereocenters. The average molecular weight is 284 g/mol. The lowest BCUT2D eigenvalue weighted by Gasteiger charge is -2.26. The van der Waals surface area contributed by atoms with Crippen LogP contribution in [0.1, 0.15) is 46.5 Å². The van der Waals surface area contributed by atoms with Crippen LogP contribution in [0.2, 0.25) is 0 Å². The molecule has 0 heterocycles. The summed E-state index contributed by atoms with van der Waals surface area (Å²) < 4.78 is 0. The summed E-state index contributed by atoms with van der Waals surface area (Å²) in [7, 11) is 1.81. The molecule has 0 aromatic heterocycles. The van der Waals surface area contributed by atoms with Crippen LogP contribution in [0.15, 0.2) is 0 Å². The number of carbonyl (C=O) groups is 2. The van der Waals surface area contributed by atoms with Crippen LogP contribution in [0.4, 0.5) is 4.79 Å². The molecule has 1 rings (SSSR count). The Morgan fingerprint density at radius 2 is 1.90 bits per heavy atom. The van der Waals surface area contributed by atoms with Gasteiger partial charge in [-0.05, 0) is 43.9 Å². The molecule has 1 unspecified atom stereocenters. The van der Waals surface area contributed by atoms with Crippen molar-refractivity contribution >= 4 is 12.0 Å². The second-order valence-corrected chi connectivity index (χ2v) is 6.47. The van der Waals surface area contributed by atoms with Gasteiger partial charge >= 0.3 is 12.0 Å². The van der Waals surface area contributed by atoms with Crippen molar-refractivity contribution in [3.8, 4) is 0 Å². The third kappa shape index (κ3) is 5.80. The Morgan fingerprint density at radius 3 is 2.35 bits per heavy atom. The Kier molecular flexibility index (Phi) is 6.30. The number of carboxylic acid groups (broad SMARTS) is 1. The fraction of sp³-hybridized carbons (Fsp3) is 0.867. The first-order valence-electron chi connectivity index (χ1n) is 7.53. The lowest BCUT2D eigenvalue weighted by Crippen LogP contribution is -2.45. The minimum absolute atomic E-state index is 0.00100. The zero-order valence-corrected chi connectivity index (χ0v) is 13.1. The third-order valence-electron chi connectivity index (χ3n) is 4.05. The molecule has 0 radical (unpaired) electrons. The highest BCUT2D eigenvalue weighted by Gasteiger charge is 2.32.